The minimum absolute atomic E-state index is 0.205. The van der Waals surface area contributed by atoms with Gasteiger partial charge in [-0.05, 0) is 29.7 Å². The molecule has 29 heavy (non-hydrogen) atoms. The normalized spacial score (nSPS) is 11.6. The van der Waals surface area contributed by atoms with Crippen molar-refractivity contribution in [3.8, 4) is 11.4 Å². The van der Waals surface area contributed by atoms with Gasteiger partial charge in [0.05, 0.1) is 0 Å². The first-order valence-electron chi connectivity index (χ1n) is 8.33. The van der Waals surface area contributed by atoms with E-state index in [4.69, 9.17) is 0 Å². The fourth-order valence-electron chi connectivity index (χ4n) is 2.79. The van der Waals surface area contributed by atoms with Crippen LogP contribution in [0.25, 0.3) is 22.2 Å². The highest BCUT2D eigenvalue weighted by atomic mass is 79.9. The van der Waals surface area contributed by atoms with Crippen molar-refractivity contribution in [3.05, 3.63) is 76.6 Å². The first kappa shape index (κ1) is 19.1. The number of benzene rings is 3. The van der Waals surface area contributed by atoms with E-state index in [0.29, 0.717) is 16.8 Å². The lowest BCUT2D eigenvalue weighted by Crippen LogP contribution is -2.12. The summed E-state index contributed by atoms with van der Waals surface area (Å²) in [7, 11) is 0. The molecule has 0 atom stereocenters. The maximum absolute atomic E-state index is 12.6. The first-order chi connectivity index (χ1) is 13.8. The molecule has 0 saturated heterocycles. The van der Waals surface area contributed by atoms with Gasteiger partial charge in [-0.25, -0.2) is 0 Å². The highest BCUT2D eigenvalue weighted by Gasteiger charge is 2.38. The number of nitrogens with one attached hydrogen (secondary N) is 1. The zero-order chi connectivity index (χ0) is 20.6. The van der Waals surface area contributed by atoms with Gasteiger partial charge in [0.15, 0.2) is 0 Å². The average molecular weight is 462 g/mol. The Hall–Kier alpha value is -3.20. The van der Waals surface area contributed by atoms with E-state index in [9.17, 15) is 18.0 Å². The van der Waals surface area contributed by atoms with E-state index in [1.54, 1.807) is 6.07 Å². The molecule has 1 amide bonds. The van der Waals surface area contributed by atoms with Crippen molar-refractivity contribution in [1.82, 2.24) is 10.1 Å². The second-order valence-corrected chi connectivity index (χ2v) is 6.95. The van der Waals surface area contributed by atoms with Crippen LogP contribution in [0.4, 0.5) is 18.9 Å². The summed E-state index contributed by atoms with van der Waals surface area (Å²) in [6.07, 6.45) is -4.71. The fourth-order valence-corrected chi connectivity index (χ4v) is 3.27. The van der Waals surface area contributed by atoms with E-state index in [2.05, 4.69) is 35.9 Å². The number of alkyl halides is 3. The minimum Gasteiger partial charge on any atom is -0.329 e. The lowest BCUT2D eigenvalue weighted by atomic mass is 10.1. The molecule has 1 N–H and O–H groups in total. The summed E-state index contributed by atoms with van der Waals surface area (Å²) in [5.74, 6) is -1.98. The van der Waals surface area contributed by atoms with Crippen LogP contribution in [-0.2, 0) is 6.18 Å². The molecule has 4 aromatic rings. The number of halogens is 4. The molecule has 0 radical (unpaired) electrons. The molecular formula is C20H11BrF3N3O2. The molecule has 0 fully saturated rings. The molecule has 1 heterocycles. The lowest BCUT2D eigenvalue weighted by molar-refractivity contribution is -0.159. The molecule has 4 rings (SSSR count). The molecule has 0 aliphatic rings. The van der Waals surface area contributed by atoms with Crippen LogP contribution in [-0.4, -0.2) is 16.0 Å². The largest absolute Gasteiger partial charge is 0.471 e. The molecular weight excluding hydrogens is 451 g/mol. The molecule has 0 unspecified atom stereocenters. The Morgan fingerprint density at radius 1 is 0.966 bits per heavy atom. The average Bonchev–Trinajstić information content (AvgIpc) is 3.21. The van der Waals surface area contributed by atoms with E-state index < -0.39 is 12.1 Å². The number of amides is 1. The van der Waals surface area contributed by atoms with Gasteiger partial charge in [-0.1, -0.05) is 57.5 Å². The van der Waals surface area contributed by atoms with Crippen molar-refractivity contribution in [2.45, 2.75) is 6.18 Å². The first-order valence-corrected chi connectivity index (χ1v) is 9.12. The van der Waals surface area contributed by atoms with Crippen molar-refractivity contribution in [2.75, 3.05) is 5.32 Å². The van der Waals surface area contributed by atoms with Gasteiger partial charge in [0.25, 0.3) is 5.91 Å². The number of carbonyl (C=O) groups is 1. The van der Waals surface area contributed by atoms with Crippen molar-refractivity contribution in [3.63, 3.8) is 0 Å². The Bertz CT molecular complexity index is 1200. The minimum atomic E-state index is -4.71. The molecule has 1 aromatic heterocycles. The van der Waals surface area contributed by atoms with Crippen LogP contribution in [0, 0.1) is 0 Å². The Labute approximate surface area is 170 Å². The summed E-state index contributed by atoms with van der Waals surface area (Å²) in [4.78, 5) is 15.9. The van der Waals surface area contributed by atoms with Gasteiger partial charge >= 0.3 is 12.1 Å². The lowest BCUT2D eigenvalue weighted by Gasteiger charge is -2.10. The van der Waals surface area contributed by atoms with Crippen molar-refractivity contribution in [2.24, 2.45) is 0 Å². The van der Waals surface area contributed by atoms with Crippen LogP contribution < -0.4 is 5.32 Å². The van der Waals surface area contributed by atoms with E-state index >= 15 is 0 Å². The summed E-state index contributed by atoms with van der Waals surface area (Å²) in [6, 6.07) is 17.1. The number of rotatable bonds is 3. The Balaban J connectivity index is 1.56. The predicted octanol–water partition coefficient (Wildman–Crippen LogP) is 5.92. The molecule has 0 bridgehead atoms. The highest BCUT2D eigenvalue weighted by Crippen LogP contribution is 2.31. The van der Waals surface area contributed by atoms with E-state index in [1.165, 1.54) is 24.3 Å². The Morgan fingerprint density at radius 2 is 1.66 bits per heavy atom. The molecule has 0 aliphatic heterocycles. The number of aromatic nitrogens is 2. The third-order valence-corrected chi connectivity index (χ3v) is 4.88. The van der Waals surface area contributed by atoms with Gasteiger partial charge in [0.2, 0.25) is 5.82 Å². The summed E-state index contributed by atoms with van der Waals surface area (Å²) >= 11 is 3.48. The number of carbonyl (C=O) groups excluding carboxylic acids is 1. The highest BCUT2D eigenvalue weighted by molar-refractivity contribution is 9.10. The number of nitrogens with zero attached hydrogens (tertiary/aromatic N) is 2. The van der Waals surface area contributed by atoms with Crippen molar-refractivity contribution < 1.29 is 22.5 Å². The number of fused-ring (bicyclic) bond motifs is 1. The SMILES string of the molecule is O=C(Nc1ccc(Br)c2ccccc12)c1ccc(-c2noc(C(F)(F)F)n2)cc1. The van der Waals surface area contributed by atoms with E-state index in [-0.39, 0.29) is 11.7 Å². The predicted molar refractivity (Wildman–Crippen MR) is 104 cm³/mol. The topological polar surface area (TPSA) is 68.0 Å². The maximum atomic E-state index is 12.6. The molecule has 9 heteroatoms. The smallest absolute Gasteiger partial charge is 0.329 e. The van der Waals surface area contributed by atoms with Gasteiger partial charge in [-0.15, -0.1) is 0 Å². The molecule has 0 aliphatic carbocycles. The molecule has 146 valence electrons. The number of hydrogen-bond acceptors (Lipinski definition) is 4. The third kappa shape index (κ3) is 3.86. The fraction of sp³-hybridized carbons (Fsp3) is 0.0500. The van der Waals surface area contributed by atoms with Crippen molar-refractivity contribution in [1.29, 1.82) is 0 Å². The van der Waals surface area contributed by atoms with Gasteiger partial charge in [-0.3, -0.25) is 4.79 Å². The van der Waals surface area contributed by atoms with Crippen LogP contribution in [0.5, 0.6) is 0 Å². The zero-order valence-corrected chi connectivity index (χ0v) is 16.1. The second-order valence-electron chi connectivity index (χ2n) is 6.09. The standard InChI is InChI=1S/C20H11BrF3N3O2/c21-15-9-10-16(14-4-2-1-3-13(14)15)25-18(28)12-7-5-11(6-8-12)17-26-19(29-27-17)20(22,23)24/h1-10H,(H,25,28). The van der Waals surface area contributed by atoms with Gasteiger partial charge in [0.1, 0.15) is 0 Å². The van der Waals surface area contributed by atoms with Gasteiger partial charge in [0, 0.05) is 26.7 Å². The number of anilines is 1. The summed E-state index contributed by atoms with van der Waals surface area (Å²) in [5, 5.41) is 8.01. The Morgan fingerprint density at radius 3 is 2.31 bits per heavy atom. The monoisotopic (exact) mass is 461 g/mol. The summed E-state index contributed by atoms with van der Waals surface area (Å²) in [5.41, 5.74) is 1.28. The van der Waals surface area contributed by atoms with Crippen LogP contribution in [0.2, 0.25) is 0 Å². The molecule has 5 nitrogen and oxygen atoms in total. The van der Waals surface area contributed by atoms with Crippen LogP contribution in [0.1, 0.15) is 16.2 Å². The molecule has 3 aromatic carbocycles. The second kappa shape index (κ2) is 7.32. The van der Waals surface area contributed by atoms with Crippen LogP contribution in [0.3, 0.4) is 0 Å². The van der Waals surface area contributed by atoms with Gasteiger partial charge < -0.3 is 9.84 Å². The number of hydrogen-bond donors (Lipinski definition) is 1. The van der Waals surface area contributed by atoms with E-state index in [0.717, 1.165) is 15.2 Å². The maximum Gasteiger partial charge on any atom is 0.471 e. The van der Waals surface area contributed by atoms with Crippen LogP contribution in [0.15, 0.2) is 69.7 Å². The Kier molecular flexibility index (Phi) is 4.83. The summed E-state index contributed by atoms with van der Waals surface area (Å²) in [6.45, 7) is 0. The third-order valence-electron chi connectivity index (χ3n) is 4.19. The quantitative estimate of drug-likeness (QED) is 0.410. The molecule has 0 spiro atoms. The van der Waals surface area contributed by atoms with E-state index in [1.807, 2.05) is 30.3 Å². The van der Waals surface area contributed by atoms with Crippen molar-refractivity contribution >= 4 is 38.3 Å². The van der Waals surface area contributed by atoms with Crippen LogP contribution >= 0.6 is 15.9 Å². The van der Waals surface area contributed by atoms with Gasteiger partial charge in [-0.2, -0.15) is 18.2 Å². The summed E-state index contributed by atoms with van der Waals surface area (Å²) < 4.78 is 42.9. The molecule has 0 saturated carbocycles. The zero-order valence-electron chi connectivity index (χ0n) is 14.5.